The number of nitrogens with zero attached hydrogens (tertiary/aromatic N) is 2. The van der Waals surface area contributed by atoms with Crippen molar-refractivity contribution in [3.63, 3.8) is 0 Å². The molecule has 2 aromatic carbocycles. The normalized spacial score (nSPS) is 17.2. The fourth-order valence-corrected chi connectivity index (χ4v) is 3.81. The van der Waals surface area contributed by atoms with Crippen LogP contribution in [0.3, 0.4) is 0 Å². The first kappa shape index (κ1) is 19.2. The zero-order valence-electron chi connectivity index (χ0n) is 16.4. The molecule has 152 valence electrons. The third-order valence-corrected chi connectivity index (χ3v) is 5.66. The molecule has 0 bridgehead atoms. The quantitative estimate of drug-likeness (QED) is 0.843. The van der Waals surface area contributed by atoms with Crippen molar-refractivity contribution in [3.8, 4) is 5.75 Å². The molecule has 29 heavy (non-hydrogen) atoms. The van der Waals surface area contributed by atoms with E-state index in [4.69, 9.17) is 4.74 Å². The number of ether oxygens (including phenoxy) is 1. The minimum Gasteiger partial charge on any atom is -0.497 e. The summed E-state index contributed by atoms with van der Waals surface area (Å²) >= 11 is 0. The lowest BCUT2D eigenvalue weighted by atomic mass is 9.94. The molecule has 1 saturated heterocycles. The molecule has 2 fully saturated rings. The number of hydrogen-bond acceptors (Lipinski definition) is 3. The monoisotopic (exact) mass is 397 g/mol. The van der Waals surface area contributed by atoms with Gasteiger partial charge in [-0.15, -0.1) is 0 Å². The third kappa shape index (κ3) is 3.77. The molecule has 2 aliphatic rings. The Kier molecular flexibility index (Phi) is 5.13. The van der Waals surface area contributed by atoms with E-state index in [0.717, 1.165) is 36.1 Å². The molecule has 1 heterocycles. The summed E-state index contributed by atoms with van der Waals surface area (Å²) in [6.07, 6.45) is 2.30. The first-order valence-electron chi connectivity index (χ1n) is 9.80. The van der Waals surface area contributed by atoms with Crippen LogP contribution >= 0.6 is 0 Å². The lowest BCUT2D eigenvalue weighted by Gasteiger charge is -2.31. The number of rotatable bonds is 5. The van der Waals surface area contributed by atoms with Gasteiger partial charge in [-0.3, -0.25) is 4.79 Å². The summed E-state index contributed by atoms with van der Waals surface area (Å²) in [5.74, 6) is 0.404. The Morgan fingerprint density at radius 2 is 1.69 bits per heavy atom. The number of hydrogen-bond donors (Lipinski definition) is 1. The largest absolute Gasteiger partial charge is 0.497 e. The molecule has 6 nitrogen and oxygen atoms in total. The van der Waals surface area contributed by atoms with Crippen molar-refractivity contribution >= 4 is 11.9 Å². The second-order valence-corrected chi connectivity index (χ2v) is 7.50. The fraction of sp³-hybridized carbons (Fsp3) is 0.364. The fourth-order valence-electron chi connectivity index (χ4n) is 3.81. The molecule has 1 aliphatic carbocycles. The standard InChI is InChI=1S/C22H24FN3O3/c1-29-19-9-5-17(6-10-19)22(11-12-22)20(27)25-13-2-14-26(25)21(28)24-15-16-3-7-18(23)8-4-16/h3-10H,2,11-15H2,1H3,(H,24,28). The topological polar surface area (TPSA) is 61.9 Å². The van der Waals surface area contributed by atoms with Gasteiger partial charge in [0.15, 0.2) is 0 Å². The van der Waals surface area contributed by atoms with Crippen LogP contribution in [-0.4, -0.2) is 42.2 Å². The second-order valence-electron chi connectivity index (χ2n) is 7.50. The summed E-state index contributed by atoms with van der Waals surface area (Å²) < 4.78 is 18.2. The number of halogens is 1. The third-order valence-electron chi connectivity index (χ3n) is 5.66. The molecule has 4 rings (SSSR count). The Labute approximate surface area is 169 Å². The number of nitrogens with one attached hydrogen (secondary N) is 1. The highest BCUT2D eigenvalue weighted by Crippen LogP contribution is 2.50. The van der Waals surface area contributed by atoms with Crippen LogP contribution in [0.5, 0.6) is 5.75 Å². The molecule has 3 amide bonds. The molecular weight excluding hydrogens is 373 g/mol. The van der Waals surface area contributed by atoms with Gasteiger partial charge in [0, 0.05) is 19.6 Å². The molecule has 2 aromatic rings. The van der Waals surface area contributed by atoms with Crippen molar-refractivity contribution in [3.05, 3.63) is 65.5 Å². The van der Waals surface area contributed by atoms with E-state index in [1.54, 1.807) is 24.3 Å². The van der Waals surface area contributed by atoms with Crippen molar-refractivity contribution in [2.45, 2.75) is 31.2 Å². The van der Waals surface area contributed by atoms with Crippen LogP contribution in [0.15, 0.2) is 48.5 Å². The molecule has 0 spiro atoms. The Hall–Kier alpha value is -3.09. The van der Waals surface area contributed by atoms with E-state index in [1.165, 1.54) is 17.1 Å². The summed E-state index contributed by atoms with van der Waals surface area (Å²) in [5.41, 5.74) is 1.21. The van der Waals surface area contributed by atoms with Gasteiger partial charge in [0.2, 0.25) is 0 Å². The first-order chi connectivity index (χ1) is 14.0. The maximum absolute atomic E-state index is 13.3. The molecule has 1 saturated carbocycles. The zero-order chi connectivity index (χ0) is 20.4. The zero-order valence-corrected chi connectivity index (χ0v) is 16.4. The molecule has 0 aromatic heterocycles. The summed E-state index contributed by atoms with van der Waals surface area (Å²) in [5, 5.41) is 5.90. The van der Waals surface area contributed by atoms with E-state index in [9.17, 15) is 14.0 Å². The number of methoxy groups -OCH3 is 1. The Morgan fingerprint density at radius 1 is 1.03 bits per heavy atom. The van der Waals surface area contributed by atoms with Gasteiger partial charge < -0.3 is 10.1 Å². The second kappa shape index (κ2) is 7.73. The van der Waals surface area contributed by atoms with E-state index >= 15 is 0 Å². The van der Waals surface area contributed by atoms with Crippen molar-refractivity contribution in [2.24, 2.45) is 0 Å². The lowest BCUT2D eigenvalue weighted by molar-refractivity contribution is -0.143. The van der Waals surface area contributed by atoms with E-state index < -0.39 is 5.41 Å². The number of benzene rings is 2. The minimum atomic E-state index is -0.550. The van der Waals surface area contributed by atoms with Crippen LogP contribution in [0.4, 0.5) is 9.18 Å². The Balaban J connectivity index is 1.43. The number of amides is 3. The molecule has 0 unspecified atom stereocenters. The van der Waals surface area contributed by atoms with Crippen molar-refractivity contribution in [1.29, 1.82) is 0 Å². The van der Waals surface area contributed by atoms with Gasteiger partial charge in [-0.1, -0.05) is 24.3 Å². The van der Waals surface area contributed by atoms with Crippen molar-refractivity contribution in [1.82, 2.24) is 15.3 Å². The number of carbonyl (C=O) groups is 2. The van der Waals surface area contributed by atoms with Crippen LogP contribution in [0, 0.1) is 5.82 Å². The predicted octanol–water partition coefficient (Wildman–Crippen LogP) is 3.23. The number of carbonyl (C=O) groups excluding carboxylic acids is 2. The lowest BCUT2D eigenvalue weighted by Crippen LogP contribution is -2.52. The van der Waals surface area contributed by atoms with Crippen LogP contribution in [-0.2, 0) is 16.8 Å². The number of hydrazine groups is 1. The Bertz CT molecular complexity index is 895. The van der Waals surface area contributed by atoms with Crippen molar-refractivity contribution in [2.75, 3.05) is 20.2 Å². The SMILES string of the molecule is COc1ccc(C2(C(=O)N3CCCN3C(=O)NCc3ccc(F)cc3)CC2)cc1. The maximum Gasteiger partial charge on any atom is 0.336 e. The van der Waals surface area contributed by atoms with Gasteiger partial charge >= 0.3 is 6.03 Å². The predicted molar refractivity (Wildman–Crippen MR) is 106 cm³/mol. The summed E-state index contributed by atoms with van der Waals surface area (Å²) in [6.45, 7) is 1.31. The average molecular weight is 397 g/mol. The molecule has 7 heteroatoms. The van der Waals surface area contributed by atoms with Gasteiger partial charge in [-0.25, -0.2) is 19.2 Å². The average Bonchev–Trinajstić information content (AvgIpc) is 3.42. The molecule has 1 N–H and O–H groups in total. The van der Waals surface area contributed by atoms with Gasteiger partial charge in [0.05, 0.1) is 12.5 Å². The number of urea groups is 1. The smallest absolute Gasteiger partial charge is 0.336 e. The van der Waals surface area contributed by atoms with Crippen LogP contribution in [0.1, 0.15) is 30.4 Å². The molecule has 0 radical (unpaired) electrons. The highest BCUT2D eigenvalue weighted by Gasteiger charge is 2.55. The van der Waals surface area contributed by atoms with E-state index in [1.807, 2.05) is 24.3 Å². The van der Waals surface area contributed by atoms with Gasteiger partial charge in [-0.05, 0) is 54.7 Å². The highest BCUT2D eigenvalue weighted by atomic mass is 19.1. The van der Waals surface area contributed by atoms with Crippen LogP contribution in [0.2, 0.25) is 0 Å². The van der Waals surface area contributed by atoms with Crippen LogP contribution in [0.25, 0.3) is 0 Å². The first-order valence-corrected chi connectivity index (χ1v) is 9.80. The van der Waals surface area contributed by atoms with E-state index in [-0.39, 0.29) is 24.3 Å². The van der Waals surface area contributed by atoms with Crippen LogP contribution < -0.4 is 10.1 Å². The molecule has 1 aliphatic heterocycles. The molecule has 0 atom stereocenters. The van der Waals surface area contributed by atoms with Crippen molar-refractivity contribution < 1.29 is 18.7 Å². The minimum absolute atomic E-state index is 0.0305. The Morgan fingerprint density at radius 3 is 2.31 bits per heavy atom. The van der Waals surface area contributed by atoms with Gasteiger partial charge in [-0.2, -0.15) is 0 Å². The summed E-state index contributed by atoms with van der Waals surface area (Å²) in [7, 11) is 1.61. The van der Waals surface area contributed by atoms with E-state index in [0.29, 0.717) is 13.1 Å². The summed E-state index contributed by atoms with van der Waals surface area (Å²) in [6, 6.07) is 13.2. The molecular formula is C22H24FN3O3. The summed E-state index contributed by atoms with van der Waals surface area (Å²) in [4.78, 5) is 26.0. The van der Waals surface area contributed by atoms with Gasteiger partial charge in [0.1, 0.15) is 11.6 Å². The maximum atomic E-state index is 13.3. The highest BCUT2D eigenvalue weighted by molar-refractivity contribution is 5.93. The van der Waals surface area contributed by atoms with Gasteiger partial charge in [0.25, 0.3) is 5.91 Å². The van der Waals surface area contributed by atoms with E-state index in [2.05, 4.69) is 5.32 Å².